The second kappa shape index (κ2) is 8.62. The summed E-state index contributed by atoms with van der Waals surface area (Å²) in [5.74, 6) is 0.0362. The number of nitrogens with zero attached hydrogens (tertiary/aromatic N) is 4. The lowest BCUT2D eigenvalue weighted by Crippen LogP contribution is -2.28. The summed E-state index contributed by atoms with van der Waals surface area (Å²) in [5.41, 5.74) is 4.64. The van der Waals surface area contributed by atoms with Crippen molar-refractivity contribution in [2.45, 2.75) is 13.8 Å². The average Bonchev–Trinajstić information content (AvgIpc) is 3.15. The Kier molecular flexibility index (Phi) is 5.57. The maximum atomic E-state index is 11.9. The van der Waals surface area contributed by atoms with Crippen LogP contribution in [0.25, 0.3) is 28.0 Å². The summed E-state index contributed by atoms with van der Waals surface area (Å²) in [5, 5.41) is 12.6. The van der Waals surface area contributed by atoms with E-state index in [0.717, 1.165) is 22.4 Å². The maximum Gasteiger partial charge on any atom is 0.321 e. The van der Waals surface area contributed by atoms with Gasteiger partial charge in [0, 0.05) is 42.7 Å². The van der Waals surface area contributed by atoms with E-state index in [9.17, 15) is 9.59 Å². The van der Waals surface area contributed by atoms with Gasteiger partial charge in [0.2, 0.25) is 5.91 Å². The van der Waals surface area contributed by atoms with Gasteiger partial charge in [-0.1, -0.05) is 18.2 Å². The molecule has 0 saturated carbocycles. The zero-order valence-corrected chi connectivity index (χ0v) is 17.1. The molecule has 0 bridgehead atoms. The second-order valence-corrected chi connectivity index (χ2v) is 6.82. The Morgan fingerprint density at radius 3 is 2.58 bits per heavy atom. The standard InChI is InChI=1S/C22H21N7O2/c1-3-24-22(31)27-21-26-20-12-17(16-7-5-9-23-13-16)11-19(29(20)28-21)15-6-4-8-18(10-15)25-14(2)30/h4-13H,3H2,1-2H3,(H,25,30)(H2,24,27,28,31). The van der Waals surface area contributed by atoms with Gasteiger partial charge >= 0.3 is 6.03 Å². The molecule has 0 fully saturated rings. The van der Waals surface area contributed by atoms with E-state index in [-0.39, 0.29) is 17.9 Å². The van der Waals surface area contributed by atoms with Gasteiger partial charge in [0.25, 0.3) is 5.95 Å². The number of hydrogen-bond acceptors (Lipinski definition) is 5. The van der Waals surface area contributed by atoms with E-state index in [0.29, 0.717) is 17.9 Å². The highest BCUT2D eigenvalue weighted by molar-refractivity contribution is 5.90. The second-order valence-electron chi connectivity index (χ2n) is 6.82. The SMILES string of the molecule is CCNC(=O)Nc1nc2cc(-c3cccnc3)cc(-c3cccc(NC(C)=O)c3)n2n1. The topological polar surface area (TPSA) is 113 Å². The Bertz CT molecular complexity index is 1250. The van der Waals surface area contributed by atoms with Gasteiger partial charge in [0.15, 0.2) is 5.65 Å². The third-order valence-electron chi connectivity index (χ3n) is 4.47. The molecule has 4 aromatic rings. The highest BCUT2D eigenvalue weighted by Crippen LogP contribution is 2.29. The predicted molar refractivity (Wildman–Crippen MR) is 119 cm³/mol. The lowest BCUT2D eigenvalue weighted by atomic mass is 10.0. The Morgan fingerprint density at radius 1 is 1.00 bits per heavy atom. The van der Waals surface area contributed by atoms with Crippen LogP contribution in [0.5, 0.6) is 0 Å². The van der Waals surface area contributed by atoms with Gasteiger partial charge in [-0.25, -0.2) is 9.31 Å². The minimum Gasteiger partial charge on any atom is -0.338 e. The van der Waals surface area contributed by atoms with E-state index >= 15 is 0 Å². The molecule has 3 aromatic heterocycles. The smallest absolute Gasteiger partial charge is 0.321 e. The number of fused-ring (bicyclic) bond motifs is 1. The number of amides is 3. The van der Waals surface area contributed by atoms with E-state index in [1.54, 1.807) is 16.9 Å². The van der Waals surface area contributed by atoms with Gasteiger partial charge in [0.05, 0.1) is 5.69 Å². The molecule has 1 aromatic carbocycles. The molecule has 0 aliphatic rings. The molecular formula is C22H21N7O2. The fourth-order valence-corrected chi connectivity index (χ4v) is 3.21. The zero-order chi connectivity index (χ0) is 21.8. The number of carbonyl (C=O) groups is 2. The number of hydrogen-bond donors (Lipinski definition) is 3. The van der Waals surface area contributed by atoms with Crippen LogP contribution in [0.15, 0.2) is 60.9 Å². The van der Waals surface area contributed by atoms with Crippen molar-refractivity contribution in [3.63, 3.8) is 0 Å². The number of urea groups is 1. The van der Waals surface area contributed by atoms with Crippen molar-refractivity contribution in [2.75, 3.05) is 17.2 Å². The van der Waals surface area contributed by atoms with Crippen molar-refractivity contribution in [1.29, 1.82) is 0 Å². The molecule has 9 nitrogen and oxygen atoms in total. The molecule has 0 spiro atoms. The fraction of sp³-hybridized carbons (Fsp3) is 0.136. The first kappa shape index (κ1) is 20.0. The van der Waals surface area contributed by atoms with Crippen LogP contribution < -0.4 is 16.0 Å². The minimum absolute atomic E-state index is 0.152. The third kappa shape index (κ3) is 4.50. The number of rotatable bonds is 5. The van der Waals surface area contributed by atoms with Crippen molar-refractivity contribution in [2.24, 2.45) is 0 Å². The normalized spacial score (nSPS) is 10.6. The minimum atomic E-state index is -0.375. The molecule has 0 radical (unpaired) electrons. The van der Waals surface area contributed by atoms with Crippen LogP contribution in [-0.4, -0.2) is 38.1 Å². The summed E-state index contributed by atoms with van der Waals surface area (Å²) in [6.45, 7) is 3.78. The largest absolute Gasteiger partial charge is 0.338 e. The van der Waals surface area contributed by atoms with Crippen molar-refractivity contribution >= 4 is 29.2 Å². The van der Waals surface area contributed by atoms with Gasteiger partial charge in [-0.05, 0) is 42.8 Å². The maximum absolute atomic E-state index is 11.9. The van der Waals surface area contributed by atoms with Crippen LogP contribution in [0.2, 0.25) is 0 Å². The van der Waals surface area contributed by atoms with Crippen molar-refractivity contribution in [3.8, 4) is 22.4 Å². The number of anilines is 2. The first-order chi connectivity index (χ1) is 15.0. The van der Waals surface area contributed by atoms with Gasteiger partial charge < -0.3 is 10.6 Å². The molecule has 0 aliphatic heterocycles. The lowest BCUT2D eigenvalue weighted by molar-refractivity contribution is -0.114. The van der Waals surface area contributed by atoms with Crippen LogP contribution in [0.1, 0.15) is 13.8 Å². The number of nitrogens with one attached hydrogen (secondary N) is 3. The van der Waals surface area contributed by atoms with E-state index in [4.69, 9.17) is 0 Å². The van der Waals surface area contributed by atoms with Crippen molar-refractivity contribution < 1.29 is 9.59 Å². The number of benzene rings is 1. The number of carbonyl (C=O) groups excluding carboxylic acids is 2. The fourth-order valence-electron chi connectivity index (χ4n) is 3.21. The summed E-state index contributed by atoms with van der Waals surface area (Å²) in [6.07, 6.45) is 3.48. The van der Waals surface area contributed by atoms with Crippen LogP contribution in [0.3, 0.4) is 0 Å². The predicted octanol–water partition coefficient (Wildman–Crippen LogP) is 3.56. The third-order valence-corrected chi connectivity index (χ3v) is 4.47. The molecule has 3 N–H and O–H groups in total. The molecule has 9 heteroatoms. The van der Waals surface area contributed by atoms with Gasteiger partial charge in [-0.15, -0.1) is 5.10 Å². The summed E-state index contributed by atoms with van der Waals surface area (Å²) in [4.78, 5) is 32.1. The first-order valence-electron chi connectivity index (χ1n) is 9.77. The quantitative estimate of drug-likeness (QED) is 0.461. The Morgan fingerprint density at radius 2 is 1.84 bits per heavy atom. The van der Waals surface area contributed by atoms with E-state index in [2.05, 4.69) is 31.0 Å². The lowest BCUT2D eigenvalue weighted by Gasteiger charge is -2.10. The Labute approximate surface area is 178 Å². The van der Waals surface area contributed by atoms with E-state index < -0.39 is 0 Å². The summed E-state index contributed by atoms with van der Waals surface area (Å²) >= 11 is 0. The molecule has 3 amide bonds. The average molecular weight is 415 g/mol. The molecule has 0 atom stereocenters. The van der Waals surface area contributed by atoms with Gasteiger partial charge in [-0.2, -0.15) is 4.98 Å². The van der Waals surface area contributed by atoms with Crippen molar-refractivity contribution in [3.05, 3.63) is 60.9 Å². The summed E-state index contributed by atoms with van der Waals surface area (Å²) in [6, 6.07) is 14.8. The summed E-state index contributed by atoms with van der Waals surface area (Å²) in [7, 11) is 0. The molecule has 156 valence electrons. The van der Waals surface area contributed by atoms with Crippen LogP contribution >= 0.6 is 0 Å². The molecule has 3 heterocycles. The van der Waals surface area contributed by atoms with Gasteiger partial charge in [0.1, 0.15) is 0 Å². The number of aromatic nitrogens is 4. The Balaban J connectivity index is 1.86. The summed E-state index contributed by atoms with van der Waals surface area (Å²) < 4.78 is 1.66. The number of pyridine rings is 2. The molecule has 0 saturated heterocycles. The monoisotopic (exact) mass is 415 g/mol. The molecule has 0 aliphatic carbocycles. The highest BCUT2D eigenvalue weighted by Gasteiger charge is 2.14. The molecule has 31 heavy (non-hydrogen) atoms. The van der Waals surface area contributed by atoms with Gasteiger partial charge in [-0.3, -0.25) is 15.1 Å². The molecule has 0 unspecified atom stereocenters. The van der Waals surface area contributed by atoms with E-state index in [1.165, 1.54) is 6.92 Å². The molecular weight excluding hydrogens is 394 g/mol. The van der Waals surface area contributed by atoms with E-state index in [1.807, 2.05) is 55.5 Å². The van der Waals surface area contributed by atoms with Crippen LogP contribution in [0.4, 0.5) is 16.4 Å². The van der Waals surface area contributed by atoms with Crippen LogP contribution in [-0.2, 0) is 4.79 Å². The highest BCUT2D eigenvalue weighted by atomic mass is 16.2. The zero-order valence-electron chi connectivity index (χ0n) is 17.1. The molecule has 4 rings (SSSR count). The first-order valence-corrected chi connectivity index (χ1v) is 9.77. The Hall–Kier alpha value is -4.27. The van der Waals surface area contributed by atoms with Crippen molar-refractivity contribution in [1.82, 2.24) is 24.9 Å². The van der Waals surface area contributed by atoms with Crippen LogP contribution in [0, 0.1) is 0 Å².